The maximum absolute atomic E-state index is 11.2. The summed E-state index contributed by atoms with van der Waals surface area (Å²) in [5.74, 6) is 0.351. The van der Waals surface area contributed by atoms with E-state index in [2.05, 4.69) is 0 Å². The predicted molar refractivity (Wildman–Crippen MR) is 59.6 cm³/mol. The molecule has 0 saturated heterocycles. The van der Waals surface area contributed by atoms with Crippen LogP contribution in [-0.2, 0) is 9.84 Å². The standard InChI is InChI=1S/C9H21NO4S/c1-2-15(13,14)9-3-4-10(5-7-11)6-8-12/h11-12H,2-9H2,1H3. The van der Waals surface area contributed by atoms with Gasteiger partial charge in [0, 0.05) is 18.8 Å². The first-order valence-electron chi connectivity index (χ1n) is 5.20. The highest BCUT2D eigenvalue weighted by molar-refractivity contribution is 7.91. The Kier molecular flexibility index (Phi) is 7.95. The predicted octanol–water partition coefficient (Wildman–Crippen LogP) is -0.902. The van der Waals surface area contributed by atoms with Crippen molar-refractivity contribution in [2.45, 2.75) is 13.3 Å². The summed E-state index contributed by atoms with van der Waals surface area (Å²) in [7, 11) is -2.90. The summed E-state index contributed by atoms with van der Waals surface area (Å²) in [4.78, 5) is 1.85. The molecule has 0 aromatic heterocycles. The number of rotatable bonds is 9. The van der Waals surface area contributed by atoms with Crippen LogP contribution in [0.5, 0.6) is 0 Å². The molecule has 0 unspecified atom stereocenters. The molecule has 15 heavy (non-hydrogen) atoms. The zero-order valence-corrected chi connectivity index (χ0v) is 10.0. The maximum Gasteiger partial charge on any atom is 0.150 e. The van der Waals surface area contributed by atoms with Crippen molar-refractivity contribution in [2.75, 3.05) is 44.4 Å². The van der Waals surface area contributed by atoms with Crippen molar-refractivity contribution >= 4 is 9.84 Å². The highest BCUT2D eigenvalue weighted by Gasteiger charge is 2.09. The minimum atomic E-state index is -2.90. The second kappa shape index (κ2) is 8.04. The van der Waals surface area contributed by atoms with Crippen LogP contribution in [0.15, 0.2) is 0 Å². The minimum Gasteiger partial charge on any atom is -0.395 e. The Bertz CT molecular complexity index is 234. The van der Waals surface area contributed by atoms with Crippen LogP contribution in [0, 0.1) is 0 Å². The summed E-state index contributed by atoms with van der Waals surface area (Å²) < 4.78 is 22.4. The highest BCUT2D eigenvalue weighted by atomic mass is 32.2. The highest BCUT2D eigenvalue weighted by Crippen LogP contribution is 1.96. The van der Waals surface area contributed by atoms with E-state index < -0.39 is 9.84 Å². The van der Waals surface area contributed by atoms with Crippen molar-refractivity contribution in [1.29, 1.82) is 0 Å². The number of aliphatic hydroxyl groups is 2. The van der Waals surface area contributed by atoms with Gasteiger partial charge in [0.15, 0.2) is 0 Å². The molecular weight excluding hydrogens is 218 g/mol. The number of nitrogens with zero attached hydrogens (tertiary/aromatic N) is 1. The van der Waals surface area contributed by atoms with Crippen molar-refractivity contribution in [2.24, 2.45) is 0 Å². The molecule has 0 rings (SSSR count). The molecule has 2 N–H and O–H groups in total. The molecule has 0 aliphatic carbocycles. The molecule has 0 aromatic carbocycles. The fourth-order valence-electron chi connectivity index (χ4n) is 1.27. The molecule has 0 amide bonds. The minimum absolute atomic E-state index is 0.0283. The lowest BCUT2D eigenvalue weighted by Gasteiger charge is -2.19. The van der Waals surface area contributed by atoms with Gasteiger partial charge in [0.2, 0.25) is 0 Å². The van der Waals surface area contributed by atoms with Gasteiger partial charge in [-0.1, -0.05) is 6.92 Å². The third-order valence-corrected chi connectivity index (χ3v) is 3.99. The molecular formula is C9H21NO4S. The van der Waals surface area contributed by atoms with E-state index in [-0.39, 0.29) is 24.7 Å². The number of hydrogen-bond acceptors (Lipinski definition) is 5. The van der Waals surface area contributed by atoms with Crippen LogP contribution >= 0.6 is 0 Å². The molecule has 0 radical (unpaired) electrons. The lowest BCUT2D eigenvalue weighted by Crippen LogP contribution is -2.31. The molecule has 0 heterocycles. The zero-order chi connectivity index (χ0) is 11.7. The summed E-state index contributed by atoms with van der Waals surface area (Å²) in [6, 6.07) is 0. The summed E-state index contributed by atoms with van der Waals surface area (Å²) in [5.41, 5.74) is 0. The third kappa shape index (κ3) is 7.72. The van der Waals surface area contributed by atoms with E-state index in [1.54, 1.807) is 6.92 Å². The van der Waals surface area contributed by atoms with Crippen molar-refractivity contribution in [3.8, 4) is 0 Å². The van der Waals surface area contributed by atoms with Crippen LogP contribution in [0.25, 0.3) is 0 Å². The average molecular weight is 239 g/mol. The van der Waals surface area contributed by atoms with E-state index in [9.17, 15) is 8.42 Å². The van der Waals surface area contributed by atoms with E-state index in [1.807, 2.05) is 4.90 Å². The molecule has 92 valence electrons. The largest absolute Gasteiger partial charge is 0.395 e. The van der Waals surface area contributed by atoms with Crippen LogP contribution < -0.4 is 0 Å². The van der Waals surface area contributed by atoms with E-state index in [0.717, 1.165) is 0 Å². The summed E-state index contributed by atoms with van der Waals surface area (Å²) in [5, 5.41) is 17.5. The number of hydrogen-bond donors (Lipinski definition) is 2. The van der Waals surface area contributed by atoms with Gasteiger partial charge >= 0.3 is 0 Å². The second-order valence-electron chi connectivity index (χ2n) is 3.38. The van der Waals surface area contributed by atoms with Gasteiger partial charge in [-0.3, -0.25) is 4.90 Å². The van der Waals surface area contributed by atoms with Crippen molar-refractivity contribution in [3.63, 3.8) is 0 Å². The van der Waals surface area contributed by atoms with Crippen LogP contribution in [0.2, 0.25) is 0 Å². The molecule has 0 atom stereocenters. The fourth-order valence-corrected chi connectivity index (χ4v) is 2.13. The molecule has 0 spiro atoms. The monoisotopic (exact) mass is 239 g/mol. The van der Waals surface area contributed by atoms with E-state index in [1.165, 1.54) is 0 Å². The molecule has 6 heteroatoms. The quantitative estimate of drug-likeness (QED) is 0.545. The maximum atomic E-state index is 11.2. The molecule has 0 aliphatic rings. The average Bonchev–Trinajstić information content (AvgIpc) is 2.18. The summed E-state index contributed by atoms with van der Waals surface area (Å²) in [6.45, 7) is 3.25. The normalized spacial score (nSPS) is 12.3. The number of aliphatic hydroxyl groups excluding tert-OH is 2. The first-order chi connectivity index (χ1) is 7.05. The van der Waals surface area contributed by atoms with Gasteiger partial charge in [-0.15, -0.1) is 0 Å². The van der Waals surface area contributed by atoms with Gasteiger partial charge < -0.3 is 10.2 Å². The molecule has 0 fully saturated rings. The van der Waals surface area contributed by atoms with Crippen LogP contribution in [-0.4, -0.2) is 67.9 Å². The second-order valence-corrected chi connectivity index (χ2v) is 5.85. The van der Waals surface area contributed by atoms with Crippen molar-refractivity contribution in [3.05, 3.63) is 0 Å². The molecule has 0 saturated carbocycles. The van der Waals surface area contributed by atoms with Crippen molar-refractivity contribution < 1.29 is 18.6 Å². The van der Waals surface area contributed by atoms with Gasteiger partial charge in [-0.2, -0.15) is 0 Å². The van der Waals surface area contributed by atoms with Gasteiger partial charge in [-0.05, 0) is 13.0 Å². The first kappa shape index (κ1) is 14.8. The Morgan fingerprint density at radius 2 is 1.60 bits per heavy atom. The Labute approximate surface area is 91.6 Å². The smallest absolute Gasteiger partial charge is 0.150 e. The Morgan fingerprint density at radius 3 is 2.00 bits per heavy atom. The zero-order valence-electron chi connectivity index (χ0n) is 9.22. The van der Waals surface area contributed by atoms with E-state index in [0.29, 0.717) is 26.1 Å². The lowest BCUT2D eigenvalue weighted by atomic mass is 10.4. The van der Waals surface area contributed by atoms with Crippen molar-refractivity contribution in [1.82, 2.24) is 4.90 Å². The SMILES string of the molecule is CCS(=O)(=O)CCCN(CCO)CCO. The molecule has 0 aliphatic heterocycles. The Morgan fingerprint density at radius 1 is 1.07 bits per heavy atom. The van der Waals surface area contributed by atoms with Gasteiger partial charge in [0.25, 0.3) is 0 Å². The summed E-state index contributed by atoms with van der Waals surface area (Å²) in [6.07, 6.45) is 0.552. The fraction of sp³-hybridized carbons (Fsp3) is 1.00. The van der Waals surface area contributed by atoms with Gasteiger partial charge in [-0.25, -0.2) is 8.42 Å². The van der Waals surface area contributed by atoms with E-state index in [4.69, 9.17) is 10.2 Å². The Balaban J connectivity index is 3.79. The van der Waals surface area contributed by atoms with Gasteiger partial charge in [0.1, 0.15) is 9.84 Å². The molecule has 0 aromatic rings. The molecule has 0 bridgehead atoms. The first-order valence-corrected chi connectivity index (χ1v) is 7.02. The van der Waals surface area contributed by atoms with Crippen LogP contribution in [0.4, 0.5) is 0 Å². The van der Waals surface area contributed by atoms with Crippen LogP contribution in [0.3, 0.4) is 0 Å². The third-order valence-electron chi connectivity index (χ3n) is 2.20. The Hall–Kier alpha value is -0.170. The van der Waals surface area contributed by atoms with E-state index >= 15 is 0 Å². The van der Waals surface area contributed by atoms with Crippen LogP contribution in [0.1, 0.15) is 13.3 Å². The number of sulfone groups is 1. The summed E-state index contributed by atoms with van der Waals surface area (Å²) >= 11 is 0. The van der Waals surface area contributed by atoms with Gasteiger partial charge in [0.05, 0.1) is 19.0 Å². The molecule has 5 nitrogen and oxygen atoms in total. The lowest BCUT2D eigenvalue weighted by molar-refractivity contribution is 0.161. The topological polar surface area (TPSA) is 77.8 Å².